The highest BCUT2D eigenvalue weighted by molar-refractivity contribution is 7.07. The minimum atomic E-state index is 0.486. The first kappa shape index (κ1) is 12.2. The maximum absolute atomic E-state index is 5.91. The lowest BCUT2D eigenvalue weighted by molar-refractivity contribution is 0.304. The fourth-order valence-electron chi connectivity index (χ4n) is 2.20. The zero-order valence-corrected chi connectivity index (χ0v) is 11.3. The third-order valence-electron chi connectivity index (χ3n) is 3.18. The minimum Gasteiger partial charge on any atom is -0.489 e. The second kappa shape index (κ2) is 5.43. The van der Waals surface area contributed by atoms with Gasteiger partial charge in [-0.2, -0.15) is 11.3 Å². The third-order valence-corrected chi connectivity index (χ3v) is 3.91. The Morgan fingerprint density at radius 3 is 2.74 bits per heavy atom. The van der Waals surface area contributed by atoms with Gasteiger partial charge in [-0.3, -0.25) is 0 Å². The van der Waals surface area contributed by atoms with E-state index in [0.717, 1.165) is 11.3 Å². The molecule has 0 aliphatic carbocycles. The van der Waals surface area contributed by atoms with E-state index in [1.165, 1.54) is 16.3 Å². The number of fused-ring (bicyclic) bond motifs is 1. The Bertz CT molecular complexity index is 676. The van der Waals surface area contributed by atoms with E-state index in [2.05, 4.69) is 35.0 Å². The van der Waals surface area contributed by atoms with Crippen LogP contribution in [0.25, 0.3) is 10.8 Å². The van der Waals surface area contributed by atoms with E-state index in [-0.39, 0.29) is 0 Å². The van der Waals surface area contributed by atoms with Crippen LogP contribution in [0.3, 0.4) is 0 Å². The molecule has 0 radical (unpaired) electrons. The summed E-state index contributed by atoms with van der Waals surface area (Å²) >= 11 is 1.68. The van der Waals surface area contributed by atoms with Crippen molar-refractivity contribution in [3.8, 4) is 5.75 Å². The number of hydrogen-bond acceptors (Lipinski definition) is 3. The average molecular weight is 269 g/mol. The van der Waals surface area contributed by atoms with E-state index in [4.69, 9.17) is 10.5 Å². The molecule has 0 bridgehead atoms. The highest BCUT2D eigenvalue weighted by atomic mass is 32.1. The molecule has 3 rings (SSSR count). The summed E-state index contributed by atoms with van der Waals surface area (Å²) in [4.78, 5) is 0. The molecule has 0 amide bonds. The predicted octanol–water partition coefficient (Wildman–Crippen LogP) is 3.94. The van der Waals surface area contributed by atoms with Gasteiger partial charge in [0.05, 0.1) is 0 Å². The van der Waals surface area contributed by atoms with Crippen molar-refractivity contribution in [2.75, 3.05) is 0 Å². The van der Waals surface area contributed by atoms with Crippen LogP contribution in [0.1, 0.15) is 11.1 Å². The number of nitrogens with two attached hydrogens (primary N) is 1. The molecule has 2 nitrogen and oxygen atoms in total. The topological polar surface area (TPSA) is 35.2 Å². The quantitative estimate of drug-likeness (QED) is 0.778. The van der Waals surface area contributed by atoms with Gasteiger partial charge in [0.1, 0.15) is 12.4 Å². The fourth-order valence-corrected chi connectivity index (χ4v) is 2.85. The lowest BCUT2D eigenvalue weighted by atomic mass is 10.0. The van der Waals surface area contributed by atoms with Crippen LogP contribution >= 0.6 is 11.3 Å². The van der Waals surface area contributed by atoms with E-state index in [0.29, 0.717) is 13.2 Å². The Kier molecular flexibility index (Phi) is 3.49. The lowest BCUT2D eigenvalue weighted by Crippen LogP contribution is -2.03. The maximum atomic E-state index is 5.91. The van der Waals surface area contributed by atoms with Crippen LogP contribution in [-0.2, 0) is 13.2 Å². The molecule has 0 spiro atoms. The van der Waals surface area contributed by atoms with E-state index >= 15 is 0 Å². The summed E-state index contributed by atoms with van der Waals surface area (Å²) in [6.07, 6.45) is 0. The largest absolute Gasteiger partial charge is 0.489 e. The molecule has 96 valence electrons. The van der Waals surface area contributed by atoms with Gasteiger partial charge in [0, 0.05) is 12.1 Å². The summed E-state index contributed by atoms with van der Waals surface area (Å²) in [5, 5.41) is 6.53. The molecule has 0 aliphatic rings. The Hall–Kier alpha value is -1.84. The van der Waals surface area contributed by atoms with Crippen molar-refractivity contribution in [3.05, 3.63) is 64.4 Å². The molecule has 19 heavy (non-hydrogen) atoms. The first-order valence-electron chi connectivity index (χ1n) is 6.23. The summed E-state index contributed by atoms with van der Waals surface area (Å²) in [5.41, 5.74) is 8.16. The van der Waals surface area contributed by atoms with Crippen LogP contribution in [0.5, 0.6) is 5.75 Å². The SMILES string of the molecule is NCc1c(OCc2ccsc2)ccc2ccccc12. The Morgan fingerprint density at radius 1 is 1.05 bits per heavy atom. The summed E-state index contributed by atoms with van der Waals surface area (Å²) in [5.74, 6) is 0.882. The van der Waals surface area contributed by atoms with Crippen molar-refractivity contribution >= 4 is 22.1 Å². The fraction of sp³-hybridized carbons (Fsp3) is 0.125. The van der Waals surface area contributed by atoms with Crippen molar-refractivity contribution in [2.45, 2.75) is 13.2 Å². The Balaban J connectivity index is 1.94. The summed E-state index contributed by atoms with van der Waals surface area (Å²) in [7, 11) is 0. The molecule has 1 aromatic heterocycles. The molecule has 0 atom stereocenters. The van der Waals surface area contributed by atoms with Gasteiger partial charge in [-0.15, -0.1) is 0 Å². The van der Waals surface area contributed by atoms with Gasteiger partial charge < -0.3 is 10.5 Å². The Morgan fingerprint density at radius 2 is 1.95 bits per heavy atom. The molecular weight excluding hydrogens is 254 g/mol. The molecule has 0 saturated heterocycles. The molecule has 1 heterocycles. The van der Waals surface area contributed by atoms with Crippen molar-refractivity contribution < 1.29 is 4.74 Å². The summed E-state index contributed by atoms with van der Waals surface area (Å²) in [6.45, 7) is 1.08. The maximum Gasteiger partial charge on any atom is 0.124 e. The van der Waals surface area contributed by atoms with E-state index < -0.39 is 0 Å². The molecule has 3 aromatic rings. The van der Waals surface area contributed by atoms with Gasteiger partial charge in [0.2, 0.25) is 0 Å². The summed E-state index contributed by atoms with van der Waals surface area (Å²) < 4.78 is 5.91. The number of rotatable bonds is 4. The zero-order valence-electron chi connectivity index (χ0n) is 10.5. The number of benzene rings is 2. The number of hydrogen-bond donors (Lipinski definition) is 1. The van der Waals surface area contributed by atoms with Crippen molar-refractivity contribution in [1.82, 2.24) is 0 Å². The molecular formula is C16H15NOS. The third kappa shape index (κ3) is 2.48. The van der Waals surface area contributed by atoms with Crippen LogP contribution < -0.4 is 10.5 Å². The van der Waals surface area contributed by atoms with E-state index in [9.17, 15) is 0 Å². The van der Waals surface area contributed by atoms with Crippen molar-refractivity contribution in [3.63, 3.8) is 0 Å². The van der Waals surface area contributed by atoms with E-state index in [1.54, 1.807) is 11.3 Å². The normalized spacial score (nSPS) is 10.8. The van der Waals surface area contributed by atoms with Crippen LogP contribution in [-0.4, -0.2) is 0 Å². The predicted molar refractivity (Wildman–Crippen MR) is 80.5 cm³/mol. The first-order chi connectivity index (χ1) is 9.38. The second-order valence-electron chi connectivity index (χ2n) is 4.39. The monoisotopic (exact) mass is 269 g/mol. The van der Waals surface area contributed by atoms with Gasteiger partial charge >= 0.3 is 0 Å². The van der Waals surface area contributed by atoms with Crippen molar-refractivity contribution in [2.24, 2.45) is 5.73 Å². The van der Waals surface area contributed by atoms with Crippen molar-refractivity contribution in [1.29, 1.82) is 0 Å². The lowest BCUT2D eigenvalue weighted by Gasteiger charge is -2.12. The van der Waals surface area contributed by atoms with Crippen LogP contribution in [0.15, 0.2) is 53.2 Å². The van der Waals surface area contributed by atoms with Crippen LogP contribution in [0.2, 0.25) is 0 Å². The number of thiophene rings is 1. The van der Waals surface area contributed by atoms with Gasteiger partial charge in [0.15, 0.2) is 0 Å². The molecule has 0 aliphatic heterocycles. The van der Waals surface area contributed by atoms with Gasteiger partial charge in [-0.1, -0.05) is 30.3 Å². The highest BCUT2D eigenvalue weighted by Crippen LogP contribution is 2.28. The van der Waals surface area contributed by atoms with Gasteiger partial charge in [0.25, 0.3) is 0 Å². The highest BCUT2D eigenvalue weighted by Gasteiger charge is 2.07. The number of ether oxygens (including phenoxy) is 1. The van der Waals surface area contributed by atoms with Crippen LogP contribution in [0.4, 0.5) is 0 Å². The molecule has 0 unspecified atom stereocenters. The van der Waals surface area contributed by atoms with Gasteiger partial charge in [-0.05, 0) is 39.2 Å². The second-order valence-corrected chi connectivity index (χ2v) is 5.17. The smallest absolute Gasteiger partial charge is 0.124 e. The molecule has 0 fully saturated rings. The zero-order chi connectivity index (χ0) is 13.1. The average Bonchev–Trinajstić information content (AvgIpc) is 2.97. The van der Waals surface area contributed by atoms with Gasteiger partial charge in [-0.25, -0.2) is 0 Å². The molecule has 2 N–H and O–H groups in total. The molecule has 0 saturated carbocycles. The molecule has 3 heteroatoms. The van der Waals surface area contributed by atoms with Crippen LogP contribution in [0, 0.1) is 0 Å². The Labute approximate surface area is 116 Å². The van der Waals surface area contributed by atoms with E-state index in [1.807, 2.05) is 18.2 Å². The molecule has 2 aromatic carbocycles. The minimum absolute atomic E-state index is 0.486. The summed E-state index contributed by atoms with van der Waals surface area (Å²) in [6, 6.07) is 14.4. The first-order valence-corrected chi connectivity index (χ1v) is 7.17. The standard InChI is InChI=1S/C16H15NOS/c17-9-15-14-4-2-1-3-13(14)5-6-16(15)18-10-12-7-8-19-11-12/h1-8,11H,9-10,17H2.